The van der Waals surface area contributed by atoms with Gasteiger partial charge >= 0.3 is 5.70 Å². The van der Waals surface area contributed by atoms with Crippen LogP contribution < -0.4 is 0 Å². The summed E-state index contributed by atoms with van der Waals surface area (Å²) in [6.45, 7) is 5.19. The second-order valence-electron chi connectivity index (χ2n) is 2.62. The molecule has 4 heteroatoms. The average molecular weight is 166 g/mol. The standard InChI is InChI=1S/C8H10N2O2/c1-6(2)4-7(3)8(5-9)10(11)12/h4H,1-3H3. The van der Waals surface area contributed by atoms with Gasteiger partial charge in [-0.1, -0.05) is 11.6 Å². The highest BCUT2D eigenvalue weighted by molar-refractivity contribution is 5.29. The van der Waals surface area contributed by atoms with E-state index >= 15 is 0 Å². The van der Waals surface area contributed by atoms with E-state index in [-0.39, 0.29) is 0 Å². The van der Waals surface area contributed by atoms with Crippen LogP contribution in [0.2, 0.25) is 0 Å². The molecule has 0 radical (unpaired) electrons. The molecule has 64 valence electrons. The van der Waals surface area contributed by atoms with Crippen LogP contribution >= 0.6 is 0 Å². The first-order valence-electron chi connectivity index (χ1n) is 3.39. The Hall–Kier alpha value is -1.63. The maximum absolute atomic E-state index is 10.2. The van der Waals surface area contributed by atoms with Crippen molar-refractivity contribution in [1.82, 2.24) is 0 Å². The Morgan fingerprint density at radius 2 is 2.00 bits per heavy atom. The molecule has 0 atom stereocenters. The van der Waals surface area contributed by atoms with E-state index in [1.807, 2.05) is 13.8 Å². The molecular weight excluding hydrogens is 156 g/mol. The molecule has 0 saturated heterocycles. The minimum absolute atomic E-state index is 0.391. The molecule has 0 aliphatic heterocycles. The van der Waals surface area contributed by atoms with E-state index in [1.54, 1.807) is 19.1 Å². The van der Waals surface area contributed by atoms with Crippen LogP contribution in [0.1, 0.15) is 20.8 Å². The lowest BCUT2D eigenvalue weighted by Crippen LogP contribution is -1.98. The summed E-state index contributed by atoms with van der Waals surface area (Å²) in [6, 6.07) is 1.54. The van der Waals surface area contributed by atoms with E-state index in [9.17, 15) is 10.1 Å². The van der Waals surface area contributed by atoms with Gasteiger partial charge in [0.25, 0.3) is 0 Å². The van der Waals surface area contributed by atoms with E-state index in [0.717, 1.165) is 5.57 Å². The van der Waals surface area contributed by atoms with Crippen molar-refractivity contribution in [2.24, 2.45) is 0 Å². The minimum Gasteiger partial charge on any atom is -0.258 e. The van der Waals surface area contributed by atoms with Crippen molar-refractivity contribution >= 4 is 0 Å². The smallest absolute Gasteiger partial charge is 0.258 e. The van der Waals surface area contributed by atoms with E-state index < -0.39 is 10.6 Å². The van der Waals surface area contributed by atoms with E-state index in [2.05, 4.69) is 0 Å². The lowest BCUT2D eigenvalue weighted by atomic mass is 10.2. The molecule has 4 nitrogen and oxygen atoms in total. The van der Waals surface area contributed by atoms with Gasteiger partial charge in [-0.25, -0.2) is 0 Å². The van der Waals surface area contributed by atoms with Crippen LogP contribution in [0.3, 0.4) is 0 Å². The van der Waals surface area contributed by atoms with Gasteiger partial charge in [-0.3, -0.25) is 10.1 Å². The summed E-state index contributed by atoms with van der Waals surface area (Å²) < 4.78 is 0. The number of nitrogens with zero attached hydrogens (tertiary/aromatic N) is 2. The maximum Gasteiger partial charge on any atom is 0.348 e. The van der Waals surface area contributed by atoms with Crippen LogP contribution in [0, 0.1) is 21.4 Å². The Labute approximate surface area is 71.0 Å². The number of hydrogen-bond donors (Lipinski definition) is 0. The van der Waals surface area contributed by atoms with Gasteiger partial charge in [0.05, 0.1) is 4.92 Å². The van der Waals surface area contributed by atoms with Crippen molar-refractivity contribution < 1.29 is 4.92 Å². The van der Waals surface area contributed by atoms with Crippen molar-refractivity contribution in [2.45, 2.75) is 20.8 Å². The first kappa shape index (κ1) is 10.4. The van der Waals surface area contributed by atoms with Crippen molar-refractivity contribution in [3.8, 4) is 6.07 Å². The van der Waals surface area contributed by atoms with Gasteiger partial charge in [0.15, 0.2) is 6.07 Å². The lowest BCUT2D eigenvalue weighted by molar-refractivity contribution is -0.418. The number of nitro groups is 1. The normalized spacial score (nSPS) is 11.2. The number of rotatable bonds is 2. The zero-order chi connectivity index (χ0) is 9.72. The van der Waals surface area contributed by atoms with Crippen molar-refractivity contribution in [1.29, 1.82) is 5.26 Å². The molecule has 0 aliphatic carbocycles. The number of hydrogen-bond acceptors (Lipinski definition) is 3. The molecule has 0 heterocycles. The van der Waals surface area contributed by atoms with Gasteiger partial charge in [-0.05, 0) is 20.8 Å². The first-order chi connectivity index (χ1) is 5.49. The summed E-state index contributed by atoms with van der Waals surface area (Å²) in [5, 5.41) is 18.7. The highest BCUT2D eigenvalue weighted by Crippen LogP contribution is 2.07. The van der Waals surface area contributed by atoms with Gasteiger partial charge in [-0.15, -0.1) is 0 Å². The largest absolute Gasteiger partial charge is 0.348 e. The van der Waals surface area contributed by atoms with Gasteiger partial charge in [0, 0.05) is 5.57 Å². The molecule has 0 saturated carbocycles. The number of nitriles is 1. The maximum atomic E-state index is 10.2. The third-order valence-corrected chi connectivity index (χ3v) is 1.17. The van der Waals surface area contributed by atoms with Crippen LogP contribution in [0.5, 0.6) is 0 Å². The highest BCUT2D eigenvalue weighted by atomic mass is 16.6. The Balaban J connectivity index is 5.03. The van der Waals surface area contributed by atoms with Gasteiger partial charge in [0.2, 0.25) is 0 Å². The summed E-state index contributed by atoms with van der Waals surface area (Å²) in [6.07, 6.45) is 1.61. The van der Waals surface area contributed by atoms with E-state index in [4.69, 9.17) is 5.26 Å². The summed E-state index contributed by atoms with van der Waals surface area (Å²) in [5.74, 6) is 0. The Kier molecular flexibility index (Phi) is 3.71. The summed E-state index contributed by atoms with van der Waals surface area (Å²) in [4.78, 5) is 9.58. The Morgan fingerprint density at radius 3 is 2.25 bits per heavy atom. The van der Waals surface area contributed by atoms with Gasteiger partial charge < -0.3 is 0 Å². The fourth-order valence-electron chi connectivity index (χ4n) is 0.774. The Bertz CT molecular complexity index is 291. The molecule has 0 aliphatic rings. The Morgan fingerprint density at radius 1 is 1.50 bits per heavy atom. The molecule has 0 bridgehead atoms. The molecule has 0 amide bonds. The average Bonchev–Trinajstić information content (AvgIpc) is 1.85. The van der Waals surface area contributed by atoms with Crippen LogP contribution in [-0.2, 0) is 0 Å². The zero-order valence-corrected chi connectivity index (χ0v) is 7.29. The lowest BCUT2D eigenvalue weighted by Gasteiger charge is -1.92. The molecule has 0 unspecified atom stereocenters. The highest BCUT2D eigenvalue weighted by Gasteiger charge is 2.11. The fraction of sp³-hybridized carbons (Fsp3) is 0.375. The first-order valence-corrected chi connectivity index (χ1v) is 3.39. The van der Waals surface area contributed by atoms with Crippen LogP contribution in [0.4, 0.5) is 0 Å². The van der Waals surface area contributed by atoms with Crippen LogP contribution in [0.25, 0.3) is 0 Å². The minimum atomic E-state index is -0.672. The SMILES string of the molecule is CC(C)=CC(C)=C(C#N)[N+](=O)[O-]. The third kappa shape index (κ3) is 2.97. The third-order valence-electron chi connectivity index (χ3n) is 1.17. The van der Waals surface area contributed by atoms with Crippen molar-refractivity contribution in [2.75, 3.05) is 0 Å². The molecule has 0 fully saturated rings. The summed E-state index contributed by atoms with van der Waals surface area (Å²) in [7, 11) is 0. The quantitative estimate of drug-likeness (QED) is 0.273. The summed E-state index contributed by atoms with van der Waals surface area (Å²) >= 11 is 0. The molecule has 0 N–H and O–H groups in total. The van der Waals surface area contributed by atoms with Crippen molar-refractivity contribution in [3.63, 3.8) is 0 Å². The molecule has 0 aromatic rings. The fourth-order valence-corrected chi connectivity index (χ4v) is 0.774. The van der Waals surface area contributed by atoms with E-state index in [1.165, 1.54) is 0 Å². The predicted molar refractivity (Wildman–Crippen MR) is 44.7 cm³/mol. The van der Waals surface area contributed by atoms with Crippen molar-refractivity contribution in [3.05, 3.63) is 33.0 Å². The molecule has 0 aromatic heterocycles. The zero-order valence-electron chi connectivity index (χ0n) is 7.29. The van der Waals surface area contributed by atoms with Crippen LogP contribution in [-0.4, -0.2) is 4.92 Å². The van der Waals surface area contributed by atoms with E-state index in [0.29, 0.717) is 5.57 Å². The topological polar surface area (TPSA) is 66.9 Å². The second-order valence-corrected chi connectivity index (χ2v) is 2.62. The van der Waals surface area contributed by atoms with Crippen LogP contribution in [0.15, 0.2) is 22.9 Å². The molecule has 0 spiro atoms. The predicted octanol–water partition coefficient (Wildman–Crippen LogP) is 2.03. The second kappa shape index (κ2) is 4.29. The summed E-state index contributed by atoms with van der Waals surface area (Å²) in [5.41, 5.74) is 0.931. The monoisotopic (exact) mass is 166 g/mol. The van der Waals surface area contributed by atoms with Gasteiger partial charge in [0.1, 0.15) is 0 Å². The van der Waals surface area contributed by atoms with Gasteiger partial charge in [-0.2, -0.15) is 5.26 Å². The number of allylic oxidation sites excluding steroid dienone is 4. The molecule has 0 aromatic carbocycles. The molecular formula is C8H10N2O2. The molecule has 0 rings (SSSR count). The molecule has 12 heavy (non-hydrogen) atoms.